The Morgan fingerprint density at radius 3 is 2.70 bits per heavy atom. The number of nitrogens with zero attached hydrogens (tertiary/aromatic N) is 4. The first-order valence-corrected chi connectivity index (χ1v) is 9.61. The Hall–Kier alpha value is -1.89. The van der Waals surface area contributed by atoms with Crippen LogP contribution in [0.15, 0.2) is 42.7 Å². The maximum Gasteiger partial charge on any atom is 0.227 e. The summed E-state index contributed by atoms with van der Waals surface area (Å²) in [7, 11) is 0. The number of carbonyl (C=O) groups excluding carboxylic acids is 1. The Kier molecular flexibility index (Phi) is 6.88. The van der Waals surface area contributed by atoms with E-state index in [9.17, 15) is 4.79 Å². The van der Waals surface area contributed by atoms with Crippen LogP contribution in [-0.4, -0.2) is 64.5 Å². The molecule has 7 heteroatoms. The molecule has 1 N–H and O–H groups in total. The molecule has 27 heavy (non-hydrogen) atoms. The zero-order valence-corrected chi connectivity index (χ0v) is 16.4. The van der Waals surface area contributed by atoms with Crippen molar-refractivity contribution in [3.05, 3.63) is 48.5 Å². The lowest BCUT2D eigenvalue weighted by atomic mass is 9.96. The van der Waals surface area contributed by atoms with Crippen molar-refractivity contribution < 1.29 is 4.79 Å². The third-order valence-electron chi connectivity index (χ3n) is 5.40. The van der Waals surface area contributed by atoms with Crippen molar-refractivity contribution in [2.75, 3.05) is 39.3 Å². The maximum absolute atomic E-state index is 12.8. The number of imidazole rings is 1. The Labute approximate surface area is 167 Å². The van der Waals surface area contributed by atoms with Crippen molar-refractivity contribution >= 4 is 18.3 Å². The summed E-state index contributed by atoms with van der Waals surface area (Å²) in [4.78, 5) is 21.8. The summed E-state index contributed by atoms with van der Waals surface area (Å²) in [6.45, 7) is 6.17. The third kappa shape index (κ3) is 4.69. The zero-order valence-electron chi connectivity index (χ0n) is 15.6. The molecular formula is C20H28ClN5O. The molecule has 2 saturated heterocycles. The maximum atomic E-state index is 12.8. The number of nitrogens with one attached hydrogen (secondary N) is 1. The third-order valence-corrected chi connectivity index (χ3v) is 5.40. The highest BCUT2D eigenvalue weighted by atomic mass is 35.5. The Bertz CT molecular complexity index is 729. The number of piperazine rings is 1. The highest BCUT2D eigenvalue weighted by molar-refractivity contribution is 5.85. The zero-order chi connectivity index (χ0) is 17.8. The molecule has 4 rings (SSSR count). The molecule has 3 heterocycles. The van der Waals surface area contributed by atoms with E-state index < -0.39 is 0 Å². The number of carbonyl (C=O) groups is 1. The molecule has 0 spiro atoms. The van der Waals surface area contributed by atoms with Gasteiger partial charge in [0.2, 0.25) is 5.91 Å². The largest absolute Gasteiger partial charge is 0.340 e. The average molecular weight is 390 g/mol. The molecule has 2 aromatic rings. The first kappa shape index (κ1) is 19.9. The van der Waals surface area contributed by atoms with E-state index in [-0.39, 0.29) is 18.3 Å². The van der Waals surface area contributed by atoms with Crippen LogP contribution in [0.4, 0.5) is 0 Å². The summed E-state index contributed by atoms with van der Waals surface area (Å²) >= 11 is 0. The van der Waals surface area contributed by atoms with E-state index in [2.05, 4.69) is 31.9 Å². The van der Waals surface area contributed by atoms with Gasteiger partial charge in [0.25, 0.3) is 0 Å². The topological polar surface area (TPSA) is 53.4 Å². The van der Waals surface area contributed by atoms with Gasteiger partial charge in [-0.15, -0.1) is 12.4 Å². The highest BCUT2D eigenvalue weighted by Gasteiger charge is 2.30. The Morgan fingerprint density at radius 1 is 1.15 bits per heavy atom. The van der Waals surface area contributed by atoms with Crippen LogP contribution < -0.4 is 5.32 Å². The van der Waals surface area contributed by atoms with Crippen molar-refractivity contribution in [2.24, 2.45) is 5.92 Å². The fourth-order valence-electron chi connectivity index (χ4n) is 4.02. The summed E-state index contributed by atoms with van der Waals surface area (Å²) < 4.78 is 2.14. The van der Waals surface area contributed by atoms with Gasteiger partial charge in [-0.3, -0.25) is 9.69 Å². The number of piperidine rings is 1. The summed E-state index contributed by atoms with van der Waals surface area (Å²) in [6.07, 6.45) is 5.95. The van der Waals surface area contributed by atoms with Crippen LogP contribution >= 0.6 is 12.4 Å². The minimum atomic E-state index is 0. The second-order valence-electron chi connectivity index (χ2n) is 7.20. The first-order valence-electron chi connectivity index (χ1n) is 9.61. The van der Waals surface area contributed by atoms with E-state index in [1.807, 2.05) is 35.5 Å². The van der Waals surface area contributed by atoms with Crippen LogP contribution in [0.5, 0.6) is 0 Å². The molecule has 2 aliphatic heterocycles. The molecule has 0 aliphatic carbocycles. The number of benzene rings is 1. The van der Waals surface area contributed by atoms with Crippen LogP contribution in [-0.2, 0) is 11.3 Å². The number of amides is 1. The molecule has 0 saturated carbocycles. The second kappa shape index (κ2) is 9.35. The minimum absolute atomic E-state index is 0. The molecule has 1 unspecified atom stereocenters. The quantitative estimate of drug-likeness (QED) is 0.868. The fourth-order valence-corrected chi connectivity index (χ4v) is 4.02. The van der Waals surface area contributed by atoms with E-state index in [1.165, 1.54) is 0 Å². The van der Waals surface area contributed by atoms with Crippen molar-refractivity contribution in [3.63, 3.8) is 0 Å². The smallest absolute Gasteiger partial charge is 0.227 e. The molecule has 0 bridgehead atoms. The van der Waals surface area contributed by atoms with Gasteiger partial charge in [0, 0.05) is 50.8 Å². The van der Waals surface area contributed by atoms with Crippen molar-refractivity contribution in [1.29, 1.82) is 0 Å². The van der Waals surface area contributed by atoms with Gasteiger partial charge in [-0.2, -0.15) is 0 Å². The molecule has 1 amide bonds. The predicted molar refractivity (Wildman–Crippen MR) is 108 cm³/mol. The molecule has 1 atom stereocenters. The van der Waals surface area contributed by atoms with Crippen LogP contribution in [0, 0.1) is 5.92 Å². The minimum Gasteiger partial charge on any atom is -0.340 e. The van der Waals surface area contributed by atoms with Crippen LogP contribution in [0.1, 0.15) is 18.7 Å². The summed E-state index contributed by atoms with van der Waals surface area (Å²) in [6, 6.07) is 10.3. The number of likely N-dealkylation sites (tertiary alicyclic amines) is 1. The molecule has 2 fully saturated rings. The normalized spacial score (nSPS) is 20.9. The molecule has 1 aromatic carbocycles. The number of hydrogen-bond acceptors (Lipinski definition) is 4. The van der Waals surface area contributed by atoms with Gasteiger partial charge in [-0.1, -0.05) is 18.2 Å². The van der Waals surface area contributed by atoms with E-state index in [0.29, 0.717) is 5.91 Å². The van der Waals surface area contributed by atoms with Gasteiger partial charge in [-0.05, 0) is 31.5 Å². The number of halogens is 1. The fraction of sp³-hybridized carbons (Fsp3) is 0.500. The van der Waals surface area contributed by atoms with Crippen molar-refractivity contribution in [1.82, 2.24) is 24.7 Å². The summed E-state index contributed by atoms with van der Waals surface area (Å²) in [5.74, 6) is 1.50. The van der Waals surface area contributed by atoms with E-state index in [4.69, 9.17) is 0 Å². The standard InChI is InChI=1S/C20H27N5O.ClH/c26-20(24-12-8-21-9-13-24)17-5-4-11-23(15-17)16-19-22-10-14-25(19)18-6-2-1-3-7-18;/h1-3,6-7,10,14,17,21H,4-5,8-9,11-13,15-16H2;1H. The monoisotopic (exact) mass is 389 g/mol. The van der Waals surface area contributed by atoms with E-state index in [0.717, 1.165) is 70.2 Å². The molecule has 6 nitrogen and oxygen atoms in total. The highest BCUT2D eigenvalue weighted by Crippen LogP contribution is 2.21. The van der Waals surface area contributed by atoms with Gasteiger partial charge in [0.15, 0.2) is 0 Å². The van der Waals surface area contributed by atoms with Crippen LogP contribution in [0.25, 0.3) is 5.69 Å². The number of para-hydroxylation sites is 1. The summed E-state index contributed by atoms with van der Waals surface area (Å²) in [5, 5.41) is 3.32. The number of aromatic nitrogens is 2. The number of rotatable bonds is 4. The van der Waals surface area contributed by atoms with Crippen LogP contribution in [0.2, 0.25) is 0 Å². The molecule has 1 aromatic heterocycles. The number of hydrogen-bond donors (Lipinski definition) is 1. The van der Waals surface area contributed by atoms with E-state index in [1.54, 1.807) is 0 Å². The first-order chi connectivity index (χ1) is 12.8. The molecule has 146 valence electrons. The Balaban J connectivity index is 0.00000210. The van der Waals surface area contributed by atoms with Crippen LogP contribution in [0.3, 0.4) is 0 Å². The van der Waals surface area contributed by atoms with Crippen molar-refractivity contribution in [2.45, 2.75) is 19.4 Å². The van der Waals surface area contributed by atoms with Gasteiger partial charge < -0.3 is 14.8 Å². The lowest BCUT2D eigenvalue weighted by Gasteiger charge is -2.36. The lowest BCUT2D eigenvalue weighted by Crippen LogP contribution is -2.51. The van der Waals surface area contributed by atoms with Gasteiger partial charge in [0.05, 0.1) is 12.5 Å². The molecule has 0 radical (unpaired) electrons. The molecular weight excluding hydrogens is 362 g/mol. The average Bonchev–Trinajstić information content (AvgIpc) is 3.17. The Morgan fingerprint density at radius 2 is 1.93 bits per heavy atom. The SMILES string of the molecule is Cl.O=C(C1CCCN(Cc2nccn2-c2ccccc2)C1)N1CCNCC1. The summed E-state index contributed by atoms with van der Waals surface area (Å²) in [5.41, 5.74) is 1.13. The van der Waals surface area contributed by atoms with Crippen molar-refractivity contribution in [3.8, 4) is 5.69 Å². The van der Waals surface area contributed by atoms with Gasteiger partial charge in [-0.25, -0.2) is 4.98 Å². The van der Waals surface area contributed by atoms with Gasteiger partial charge >= 0.3 is 0 Å². The van der Waals surface area contributed by atoms with Gasteiger partial charge in [0.1, 0.15) is 5.82 Å². The molecule has 2 aliphatic rings. The second-order valence-corrected chi connectivity index (χ2v) is 7.20. The predicted octanol–water partition coefficient (Wildman–Crippen LogP) is 1.94. The van der Waals surface area contributed by atoms with E-state index >= 15 is 0 Å². The lowest BCUT2D eigenvalue weighted by molar-refractivity contribution is -0.138.